The summed E-state index contributed by atoms with van der Waals surface area (Å²) in [6.07, 6.45) is 1.36. The van der Waals surface area contributed by atoms with Crippen molar-refractivity contribution in [3.8, 4) is 0 Å². The smallest absolute Gasteiger partial charge is 0.231 e. The van der Waals surface area contributed by atoms with Crippen LogP contribution in [-0.4, -0.2) is 22.6 Å². The average Bonchev–Trinajstić information content (AvgIpc) is 3.15. The van der Waals surface area contributed by atoms with Gasteiger partial charge in [0.15, 0.2) is 0 Å². The van der Waals surface area contributed by atoms with Crippen LogP contribution in [0.5, 0.6) is 0 Å². The molecule has 1 unspecified atom stereocenters. The van der Waals surface area contributed by atoms with E-state index in [2.05, 4.69) is 27.6 Å². The van der Waals surface area contributed by atoms with E-state index in [9.17, 15) is 4.79 Å². The second-order valence-corrected chi connectivity index (χ2v) is 7.13. The SMILES string of the molecule is NCCC(C(=O)Nc1ccc2n[nH]c(Cc3ccccc3)c2c1)c1ccccc1. The van der Waals surface area contributed by atoms with E-state index in [4.69, 9.17) is 5.73 Å². The quantitative estimate of drug-likeness (QED) is 0.446. The molecule has 1 aromatic heterocycles. The van der Waals surface area contributed by atoms with Crippen LogP contribution in [0.25, 0.3) is 10.9 Å². The van der Waals surface area contributed by atoms with Gasteiger partial charge >= 0.3 is 0 Å². The number of amides is 1. The van der Waals surface area contributed by atoms with E-state index in [0.29, 0.717) is 13.0 Å². The molecule has 1 atom stereocenters. The molecule has 0 bridgehead atoms. The molecule has 29 heavy (non-hydrogen) atoms. The van der Waals surface area contributed by atoms with Crippen LogP contribution in [0.2, 0.25) is 0 Å². The third-order valence-corrected chi connectivity index (χ3v) is 5.10. The Labute approximate surface area is 170 Å². The van der Waals surface area contributed by atoms with Crippen LogP contribution in [0, 0.1) is 0 Å². The Morgan fingerprint density at radius 3 is 2.45 bits per heavy atom. The van der Waals surface area contributed by atoms with Gasteiger partial charge in [0.05, 0.1) is 11.4 Å². The lowest BCUT2D eigenvalue weighted by molar-refractivity contribution is -0.117. The summed E-state index contributed by atoms with van der Waals surface area (Å²) in [4.78, 5) is 13.0. The largest absolute Gasteiger partial charge is 0.330 e. The molecule has 1 amide bonds. The van der Waals surface area contributed by atoms with Gasteiger partial charge in [-0.05, 0) is 42.3 Å². The highest BCUT2D eigenvalue weighted by Gasteiger charge is 2.20. The first-order valence-corrected chi connectivity index (χ1v) is 9.81. The second-order valence-electron chi connectivity index (χ2n) is 7.13. The molecular formula is C24H24N4O. The molecule has 5 heteroatoms. The van der Waals surface area contributed by atoms with Crippen molar-refractivity contribution < 1.29 is 4.79 Å². The summed E-state index contributed by atoms with van der Waals surface area (Å²) in [5.74, 6) is -0.320. The van der Waals surface area contributed by atoms with E-state index in [1.54, 1.807) is 0 Å². The molecule has 4 N–H and O–H groups in total. The maximum atomic E-state index is 13.0. The minimum absolute atomic E-state index is 0.0471. The molecule has 5 nitrogen and oxygen atoms in total. The number of nitrogens with two attached hydrogens (primary N) is 1. The highest BCUT2D eigenvalue weighted by Crippen LogP contribution is 2.25. The first-order valence-electron chi connectivity index (χ1n) is 9.81. The molecule has 0 saturated heterocycles. The monoisotopic (exact) mass is 384 g/mol. The third-order valence-electron chi connectivity index (χ3n) is 5.10. The van der Waals surface area contributed by atoms with Gasteiger partial charge in [-0.25, -0.2) is 0 Å². The van der Waals surface area contributed by atoms with Crippen LogP contribution >= 0.6 is 0 Å². The molecule has 0 aliphatic heterocycles. The van der Waals surface area contributed by atoms with Crippen LogP contribution < -0.4 is 11.1 Å². The number of anilines is 1. The van der Waals surface area contributed by atoms with Crippen LogP contribution in [0.1, 0.15) is 29.2 Å². The van der Waals surface area contributed by atoms with Gasteiger partial charge in [-0.2, -0.15) is 5.10 Å². The number of carbonyl (C=O) groups is 1. The number of aromatic amines is 1. The molecule has 0 aliphatic rings. The number of rotatable bonds is 7. The first-order chi connectivity index (χ1) is 14.2. The number of benzene rings is 3. The Hall–Kier alpha value is -3.44. The third kappa shape index (κ3) is 4.36. The molecule has 0 saturated carbocycles. The minimum atomic E-state index is -0.273. The predicted molar refractivity (Wildman–Crippen MR) is 117 cm³/mol. The standard InChI is InChI=1S/C24H24N4O/c25-14-13-20(18-9-5-2-6-10-18)24(29)26-19-11-12-22-21(16-19)23(28-27-22)15-17-7-3-1-4-8-17/h1-12,16,20H,13-15,25H2,(H,26,29)(H,27,28). The highest BCUT2D eigenvalue weighted by molar-refractivity contribution is 5.98. The molecule has 0 aliphatic carbocycles. The molecular weight excluding hydrogens is 360 g/mol. The van der Waals surface area contributed by atoms with Gasteiger partial charge in [-0.3, -0.25) is 9.89 Å². The summed E-state index contributed by atoms with van der Waals surface area (Å²) in [7, 11) is 0. The molecule has 3 aromatic carbocycles. The van der Waals surface area contributed by atoms with E-state index in [1.165, 1.54) is 5.56 Å². The molecule has 4 aromatic rings. The van der Waals surface area contributed by atoms with Crippen molar-refractivity contribution in [3.05, 3.63) is 95.7 Å². The van der Waals surface area contributed by atoms with Gasteiger partial charge < -0.3 is 11.1 Å². The van der Waals surface area contributed by atoms with Gasteiger partial charge in [-0.15, -0.1) is 0 Å². The van der Waals surface area contributed by atoms with Gasteiger partial charge in [0.1, 0.15) is 0 Å². The number of aromatic nitrogens is 2. The van der Waals surface area contributed by atoms with Gasteiger partial charge in [0.2, 0.25) is 5.91 Å². The van der Waals surface area contributed by atoms with Crippen LogP contribution in [-0.2, 0) is 11.2 Å². The minimum Gasteiger partial charge on any atom is -0.330 e. The molecule has 0 fully saturated rings. The van der Waals surface area contributed by atoms with Crippen LogP contribution in [0.3, 0.4) is 0 Å². The fourth-order valence-electron chi connectivity index (χ4n) is 3.61. The summed E-state index contributed by atoms with van der Waals surface area (Å²) in [5.41, 5.74) is 10.6. The number of H-pyrrole nitrogens is 1. The number of nitrogens with one attached hydrogen (secondary N) is 2. The Morgan fingerprint density at radius 1 is 1.00 bits per heavy atom. The molecule has 1 heterocycles. The summed E-state index contributed by atoms with van der Waals surface area (Å²) >= 11 is 0. The lowest BCUT2D eigenvalue weighted by atomic mass is 9.94. The summed E-state index contributed by atoms with van der Waals surface area (Å²) in [5, 5.41) is 11.6. The van der Waals surface area contributed by atoms with Crippen molar-refractivity contribution in [1.29, 1.82) is 0 Å². The van der Waals surface area contributed by atoms with Crippen molar-refractivity contribution in [2.75, 3.05) is 11.9 Å². The molecule has 4 rings (SSSR count). The van der Waals surface area contributed by atoms with Crippen molar-refractivity contribution in [1.82, 2.24) is 10.2 Å². The van der Waals surface area contributed by atoms with E-state index in [1.807, 2.05) is 66.7 Å². The lowest BCUT2D eigenvalue weighted by Crippen LogP contribution is -2.23. The lowest BCUT2D eigenvalue weighted by Gasteiger charge is -2.16. The number of nitrogens with zero attached hydrogens (tertiary/aromatic N) is 1. The van der Waals surface area contributed by atoms with E-state index in [-0.39, 0.29) is 11.8 Å². The van der Waals surface area contributed by atoms with E-state index >= 15 is 0 Å². The second kappa shape index (κ2) is 8.71. The zero-order chi connectivity index (χ0) is 20.1. The van der Waals surface area contributed by atoms with Crippen molar-refractivity contribution in [2.24, 2.45) is 5.73 Å². The fraction of sp³-hybridized carbons (Fsp3) is 0.167. The normalized spacial score (nSPS) is 12.0. The highest BCUT2D eigenvalue weighted by atomic mass is 16.1. The summed E-state index contributed by atoms with van der Waals surface area (Å²) in [6.45, 7) is 0.453. The Balaban J connectivity index is 1.57. The zero-order valence-corrected chi connectivity index (χ0v) is 16.1. The van der Waals surface area contributed by atoms with Crippen LogP contribution in [0.4, 0.5) is 5.69 Å². The zero-order valence-electron chi connectivity index (χ0n) is 16.1. The fourth-order valence-corrected chi connectivity index (χ4v) is 3.61. The Kier molecular flexibility index (Phi) is 5.68. The molecule has 0 spiro atoms. The number of carbonyl (C=O) groups excluding carboxylic acids is 1. The number of hydrogen-bond acceptors (Lipinski definition) is 3. The maximum Gasteiger partial charge on any atom is 0.231 e. The summed E-state index contributed by atoms with van der Waals surface area (Å²) < 4.78 is 0. The molecule has 146 valence electrons. The first kappa shape index (κ1) is 18.9. The predicted octanol–water partition coefficient (Wildman–Crippen LogP) is 4.22. The Bertz CT molecular complexity index is 1090. The van der Waals surface area contributed by atoms with Crippen molar-refractivity contribution >= 4 is 22.5 Å². The van der Waals surface area contributed by atoms with Crippen molar-refractivity contribution in [3.63, 3.8) is 0 Å². The summed E-state index contributed by atoms with van der Waals surface area (Å²) in [6, 6.07) is 25.8. The number of hydrogen-bond donors (Lipinski definition) is 3. The van der Waals surface area contributed by atoms with Gasteiger partial charge in [0, 0.05) is 23.2 Å². The average molecular weight is 384 g/mol. The van der Waals surface area contributed by atoms with Gasteiger partial charge in [0.25, 0.3) is 0 Å². The maximum absolute atomic E-state index is 13.0. The van der Waals surface area contributed by atoms with E-state index in [0.717, 1.165) is 34.3 Å². The van der Waals surface area contributed by atoms with Crippen molar-refractivity contribution in [2.45, 2.75) is 18.8 Å². The molecule has 0 radical (unpaired) electrons. The van der Waals surface area contributed by atoms with E-state index < -0.39 is 0 Å². The van der Waals surface area contributed by atoms with Gasteiger partial charge in [-0.1, -0.05) is 60.7 Å². The number of fused-ring (bicyclic) bond motifs is 1. The topological polar surface area (TPSA) is 83.8 Å². The Morgan fingerprint density at radius 2 is 1.72 bits per heavy atom. The van der Waals surface area contributed by atoms with Crippen LogP contribution in [0.15, 0.2) is 78.9 Å².